The van der Waals surface area contributed by atoms with Gasteiger partial charge in [-0.05, 0) is 13.0 Å². The van der Waals surface area contributed by atoms with Crippen LogP contribution in [0, 0.1) is 0 Å². The number of nitrogens with one attached hydrogen (secondary N) is 1. The second-order valence-electron chi connectivity index (χ2n) is 3.70. The molecule has 0 aromatic rings. The lowest BCUT2D eigenvalue weighted by molar-refractivity contribution is -0.0265. The average Bonchev–Trinajstić information content (AvgIpc) is 2.25. The fraction of sp³-hybridized carbons (Fsp3) is 1.00. The van der Waals surface area contributed by atoms with Crippen molar-refractivity contribution in [2.24, 2.45) is 0 Å². The van der Waals surface area contributed by atoms with Crippen LogP contribution in [0.5, 0.6) is 0 Å². The van der Waals surface area contributed by atoms with Crippen molar-refractivity contribution in [2.45, 2.75) is 19.4 Å². The van der Waals surface area contributed by atoms with E-state index in [4.69, 9.17) is 9.84 Å². The van der Waals surface area contributed by atoms with Crippen molar-refractivity contribution in [1.82, 2.24) is 10.2 Å². The fourth-order valence-corrected chi connectivity index (χ4v) is 1.68. The molecule has 1 unspecified atom stereocenters. The molecule has 0 aromatic heterocycles. The molecule has 84 valence electrons. The standard InChI is InChI=1S/C10H22N2O2/c1-2-3-11-4-5-12-6-7-14-9-10(12)8-13/h10-11,13H,2-9H2,1H3. The van der Waals surface area contributed by atoms with Gasteiger partial charge in [0.05, 0.1) is 25.9 Å². The smallest absolute Gasteiger partial charge is 0.0644 e. The maximum absolute atomic E-state index is 9.12. The molecule has 1 aliphatic rings. The lowest BCUT2D eigenvalue weighted by Gasteiger charge is -2.34. The zero-order valence-electron chi connectivity index (χ0n) is 9.04. The number of aliphatic hydroxyl groups excluding tert-OH is 1. The van der Waals surface area contributed by atoms with Crippen LogP contribution in [0.25, 0.3) is 0 Å². The van der Waals surface area contributed by atoms with Crippen molar-refractivity contribution >= 4 is 0 Å². The van der Waals surface area contributed by atoms with Crippen LogP contribution in [0.15, 0.2) is 0 Å². The van der Waals surface area contributed by atoms with E-state index in [1.54, 1.807) is 0 Å². The van der Waals surface area contributed by atoms with Crippen LogP contribution >= 0.6 is 0 Å². The molecular weight excluding hydrogens is 180 g/mol. The third kappa shape index (κ3) is 3.92. The van der Waals surface area contributed by atoms with Crippen molar-refractivity contribution in [3.8, 4) is 0 Å². The minimum Gasteiger partial charge on any atom is -0.395 e. The van der Waals surface area contributed by atoms with Crippen molar-refractivity contribution in [1.29, 1.82) is 0 Å². The Kier molecular flexibility index (Phi) is 6.10. The normalized spacial score (nSPS) is 24.0. The van der Waals surface area contributed by atoms with Crippen LogP contribution in [0.4, 0.5) is 0 Å². The van der Waals surface area contributed by atoms with E-state index in [1.165, 1.54) is 6.42 Å². The Balaban J connectivity index is 2.13. The lowest BCUT2D eigenvalue weighted by atomic mass is 10.2. The summed E-state index contributed by atoms with van der Waals surface area (Å²) in [6.45, 7) is 7.87. The summed E-state index contributed by atoms with van der Waals surface area (Å²) in [5.41, 5.74) is 0. The Morgan fingerprint density at radius 3 is 3.07 bits per heavy atom. The highest BCUT2D eigenvalue weighted by molar-refractivity contribution is 4.74. The topological polar surface area (TPSA) is 44.7 Å². The Morgan fingerprint density at radius 1 is 1.50 bits per heavy atom. The predicted octanol–water partition coefficient (Wildman–Crippen LogP) is -0.321. The van der Waals surface area contributed by atoms with Crippen LogP contribution in [-0.2, 0) is 4.74 Å². The predicted molar refractivity (Wildman–Crippen MR) is 56.4 cm³/mol. The van der Waals surface area contributed by atoms with Crippen LogP contribution in [0.1, 0.15) is 13.3 Å². The van der Waals surface area contributed by atoms with Gasteiger partial charge in [-0.25, -0.2) is 0 Å². The number of nitrogens with zero attached hydrogens (tertiary/aromatic N) is 1. The van der Waals surface area contributed by atoms with Crippen molar-refractivity contribution < 1.29 is 9.84 Å². The number of hydrogen-bond donors (Lipinski definition) is 2. The summed E-state index contributed by atoms with van der Waals surface area (Å²) in [7, 11) is 0. The van der Waals surface area contributed by atoms with Gasteiger partial charge < -0.3 is 15.2 Å². The van der Waals surface area contributed by atoms with Gasteiger partial charge in [-0.2, -0.15) is 0 Å². The second kappa shape index (κ2) is 7.17. The van der Waals surface area contributed by atoms with Crippen LogP contribution in [0.2, 0.25) is 0 Å². The van der Waals surface area contributed by atoms with E-state index in [2.05, 4.69) is 17.1 Å². The van der Waals surface area contributed by atoms with E-state index in [0.717, 1.165) is 32.8 Å². The highest BCUT2D eigenvalue weighted by Crippen LogP contribution is 2.04. The largest absolute Gasteiger partial charge is 0.395 e. The van der Waals surface area contributed by atoms with Gasteiger partial charge in [-0.3, -0.25) is 4.90 Å². The molecule has 0 aromatic carbocycles. The van der Waals surface area contributed by atoms with Gasteiger partial charge in [0.25, 0.3) is 0 Å². The number of aliphatic hydroxyl groups is 1. The molecule has 0 radical (unpaired) electrons. The minimum atomic E-state index is 0.201. The molecule has 2 N–H and O–H groups in total. The Hall–Kier alpha value is -0.160. The SMILES string of the molecule is CCCNCCN1CCOCC1CO. The third-order valence-corrected chi connectivity index (χ3v) is 2.56. The summed E-state index contributed by atoms with van der Waals surface area (Å²) in [5, 5.41) is 12.5. The summed E-state index contributed by atoms with van der Waals surface area (Å²) in [6, 6.07) is 0.201. The lowest BCUT2D eigenvalue weighted by Crippen LogP contribution is -2.49. The van der Waals surface area contributed by atoms with E-state index in [-0.39, 0.29) is 12.6 Å². The van der Waals surface area contributed by atoms with Gasteiger partial charge in [0.1, 0.15) is 0 Å². The number of hydrogen-bond acceptors (Lipinski definition) is 4. The summed E-state index contributed by atoms with van der Waals surface area (Å²) in [4.78, 5) is 2.30. The van der Waals surface area contributed by atoms with E-state index in [9.17, 15) is 0 Å². The molecule has 0 amide bonds. The maximum atomic E-state index is 9.12. The van der Waals surface area contributed by atoms with Gasteiger partial charge in [-0.15, -0.1) is 0 Å². The zero-order chi connectivity index (χ0) is 10.2. The number of rotatable bonds is 6. The van der Waals surface area contributed by atoms with E-state index in [0.29, 0.717) is 6.61 Å². The monoisotopic (exact) mass is 202 g/mol. The first-order chi connectivity index (χ1) is 6.88. The molecule has 14 heavy (non-hydrogen) atoms. The molecule has 1 saturated heterocycles. The molecular formula is C10H22N2O2. The third-order valence-electron chi connectivity index (χ3n) is 2.56. The van der Waals surface area contributed by atoms with E-state index in [1.807, 2.05) is 0 Å². The Bertz CT molecular complexity index is 144. The Labute approximate surface area is 86.2 Å². The summed E-state index contributed by atoms with van der Waals surface area (Å²) >= 11 is 0. The van der Waals surface area contributed by atoms with Crippen LogP contribution in [0.3, 0.4) is 0 Å². The molecule has 1 atom stereocenters. The molecule has 0 bridgehead atoms. The fourth-order valence-electron chi connectivity index (χ4n) is 1.68. The summed E-state index contributed by atoms with van der Waals surface area (Å²) < 4.78 is 5.31. The van der Waals surface area contributed by atoms with Crippen molar-refractivity contribution in [3.05, 3.63) is 0 Å². The average molecular weight is 202 g/mol. The van der Waals surface area contributed by atoms with E-state index < -0.39 is 0 Å². The van der Waals surface area contributed by atoms with Crippen molar-refractivity contribution in [3.63, 3.8) is 0 Å². The quantitative estimate of drug-likeness (QED) is 0.579. The molecule has 0 saturated carbocycles. The number of ether oxygens (including phenoxy) is 1. The molecule has 0 aliphatic carbocycles. The zero-order valence-corrected chi connectivity index (χ0v) is 9.04. The van der Waals surface area contributed by atoms with Gasteiger partial charge in [0.2, 0.25) is 0 Å². The Morgan fingerprint density at radius 2 is 2.36 bits per heavy atom. The minimum absolute atomic E-state index is 0.201. The van der Waals surface area contributed by atoms with Crippen LogP contribution in [-0.4, -0.2) is 62.0 Å². The summed E-state index contributed by atoms with van der Waals surface area (Å²) in [5.74, 6) is 0. The molecule has 0 spiro atoms. The highest BCUT2D eigenvalue weighted by Gasteiger charge is 2.21. The molecule has 1 aliphatic heterocycles. The summed E-state index contributed by atoms with van der Waals surface area (Å²) in [6.07, 6.45) is 1.17. The number of morpholine rings is 1. The molecule has 4 nitrogen and oxygen atoms in total. The first-order valence-corrected chi connectivity index (χ1v) is 5.51. The maximum Gasteiger partial charge on any atom is 0.0644 e. The first-order valence-electron chi connectivity index (χ1n) is 5.51. The van der Waals surface area contributed by atoms with Gasteiger partial charge >= 0.3 is 0 Å². The highest BCUT2D eigenvalue weighted by atomic mass is 16.5. The first kappa shape index (κ1) is 11.9. The van der Waals surface area contributed by atoms with Crippen molar-refractivity contribution in [2.75, 3.05) is 46.0 Å². The molecule has 1 fully saturated rings. The second-order valence-corrected chi connectivity index (χ2v) is 3.70. The molecule has 1 rings (SSSR count). The van der Waals surface area contributed by atoms with Gasteiger partial charge in [0, 0.05) is 19.6 Å². The van der Waals surface area contributed by atoms with Gasteiger partial charge in [-0.1, -0.05) is 6.92 Å². The van der Waals surface area contributed by atoms with Gasteiger partial charge in [0.15, 0.2) is 0 Å². The van der Waals surface area contributed by atoms with Crippen LogP contribution < -0.4 is 5.32 Å². The van der Waals surface area contributed by atoms with E-state index >= 15 is 0 Å². The molecule has 4 heteroatoms. The molecule has 1 heterocycles.